The van der Waals surface area contributed by atoms with Crippen LogP contribution in [0.25, 0.3) is 44.1 Å². The van der Waals surface area contributed by atoms with Crippen molar-refractivity contribution >= 4 is 72.5 Å². The molecule has 6 heteroatoms. The summed E-state index contributed by atoms with van der Waals surface area (Å²) in [5, 5.41) is 3.39. The summed E-state index contributed by atoms with van der Waals surface area (Å²) in [7, 11) is -3.60. The summed E-state index contributed by atoms with van der Waals surface area (Å²) in [6.07, 6.45) is 7.04. The van der Waals surface area contributed by atoms with Crippen LogP contribution in [0.15, 0.2) is 168 Å². The van der Waals surface area contributed by atoms with Crippen LogP contribution in [0.1, 0.15) is 12.8 Å². The average molecular weight is 718 g/mol. The number of benzene rings is 6. The number of fused-ring (bicyclic) bond motifs is 4. The molecule has 0 fully saturated rings. The maximum absolute atomic E-state index is 13.5. The number of pyridine rings is 1. The molecular formula is C43H30N2O2SSe. The average Bonchev–Trinajstić information content (AvgIpc) is 3.16. The molecule has 4 nitrogen and oxygen atoms in total. The second-order valence-electron chi connectivity index (χ2n) is 12.2. The van der Waals surface area contributed by atoms with E-state index in [0.717, 1.165) is 51.8 Å². The SMILES string of the molecule is O=S(=O)(C1=CCCC=C1)c1ccc(-c2cc(-c3cccc4ccccc34)c3cccc(N4c5ccccc5[Se]c5ccccc54)c3n2)cc1. The molecule has 1 aliphatic heterocycles. The van der Waals surface area contributed by atoms with Crippen molar-refractivity contribution in [1.82, 2.24) is 4.98 Å². The third-order valence-corrected chi connectivity index (χ3v) is 13.5. The molecule has 0 radical (unpaired) electrons. The third-order valence-electron chi connectivity index (χ3n) is 9.30. The number of para-hydroxylation sites is 3. The van der Waals surface area contributed by atoms with Crippen LogP contribution in [-0.2, 0) is 9.84 Å². The van der Waals surface area contributed by atoms with Crippen LogP contribution < -0.4 is 13.8 Å². The molecule has 49 heavy (non-hydrogen) atoms. The van der Waals surface area contributed by atoms with E-state index in [9.17, 15) is 8.42 Å². The predicted molar refractivity (Wildman–Crippen MR) is 203 cm³/mol. The van der Waals surface area contributed by atoms with E-state index in [-0.39, 0.29) is 19.9 Å². The summed E-state index contributed by atoms with van der Waals surface area (Å²) in [4.78, 5) is 8.42. The fourth-order valence-corrected chi connectivity index (χ4v) is 10.5. The van der Waals surface area contributed by atoms with Crippen molar-refractivity contribution in [3.8, 4) is 22.4 Å². The third kappa shape index (κ3) is 5.12. The fourth-order valence-electron chi connectivity index (χ4n) is 6.94. The zero-order valence-electron chi connectivity index (χ0n) is 26.5. The molecule has 0 atom stereocenters. The molecule has 0 spiro atoms. The Morgan fingerprint density at radius 3 is 2.02 bits per heavy atom. The number of allylic oxidation sites excluding steroid dienone is 3. The van der Waals surface area contributed by atoms with E-state index in [2.05, 4.69) is 120 Å². The first kappa shape index (κ1) is 29.8. The number of nitrogens with zero attached hydrogens (tertiary/aromatic N) is 2. The molecule has 1 aromatic heterocycles. The molecule has 0 saturated carbocycles. The van der Waals surface area contributed by atoms with Gasteiger partial charge in [0.2, 0.25) is 0 Å². The molecule has 2 heterocycles. The zero-order valence-corrected chi connectivity index (χ0v) is 29.0. The van der Waals surface area contributed by atoms with E-state index in [1.165, 1.54) is 31.1 Å². The van der Waals surface area contributed by atoms with Gasteiger partial charge in [0.15, 0.2) is 0 Å². The van der Waals surface area contributed by atoms with Gasteiger partial charge in [0.1, 0.15) is 0 Å². The van der Waals surface area contributed by atoms with Crippen molar-refractivity contribution in [3.05, 3.63) is 163 Å². The number of sulfone groups is 1. The van der Waals surface area contributed by atoms with Crippen molar-refractivity contribution in [2.45, 2.75) is 17.7 Å². The molecular weight excluding hydrogens is 688 g/mol. The second kappa shape index (κ2) is 12.0. The number of aromatic nitrogens is 1. The molecule has 7 aromatic rings. The van der Waals surface area contributed by atoms with Crippen LogP contribution in [0.4, 0.5) is 17.1 Å². The minimum atomic E-state index is -3.60. The molecule has 0 bridgehead atoms. The van der Waals surface area contributed by atoms with Gasteiger partial charge in [-0.3, -0.25) is 0 Å². The van der Waals surface area contributed by atoms with E-state index in [4.69, 9.17) is 4.98 Å². The van der Waals surface area contributed by atoms with Gasteiger partial charge in [-0.25, -0.2) is 8.42 Å². The summed E-state index contributed by atoms with van der Waals surface area (Å²) in [5.74, 6) is 0. The minimum absolute atomic E-state index is 0.187. The van der Waals surface area contributed by atoms with Gasteiger partial charge < -0.3 is 0 Å². The molecule has 0 saturated heterocycles. The monoisotopic (exact) mass is 718 g/mol. The Kier molecular flexibility index (Phi) is 7.32. The molecule has 236 valence electrons. The van der Waals surface area contributed by atoms with Gasteiger partial charge in [0, 0.05) is 0 Å². The summed E-state index contributed by atoms with van der Waals surface area (Å²) in [5.41, 5.74) is 8.08. The van der Waals surface area contributed by atoms with Crippen molar-refractivity contribution in [1.29, 1.82) is 0 Å². The Morgan fingerprint density at radius 1 is 0.612 bits per heavy atom. The Morgan fingerprint density at radius 2 is 1.27 bits per heavy atom. The second-order valence-corrected chi connectivity index (χ2v) is 16.5. The van der Waals surface area contributed by atoms with Crippen molar-refractivity contribution in [2.24, 2.45) is 0 Å². The summed E-state index contributed by atoms with van der Waals surface area (Å²) in [6.45, 7) is 0. The molecule has 0 unspecified atom stereocenters. The molecule has 6 aromatic carbocycles. The summed E-state index contributed by atoms with van der Waals surface area (Å²) in [6, 6.07) is 48.1. The van der Waals surface area contributed by atoms with E-state index in [1.54, 1.807) is 18.2 Å². The molecule has 0 amide bonds. The van der Waals surface area contributed by atoms with Gasteiger partial charge >= 0.3 is 249 Å². The van der Waals surface area contributed by atoms with Gasteiger partial charge in [0.25, 0.3) is 0 Å². The van der Waals surface area contributed by atoms with Gasteiger partial charge in [-0.15, -0.1) is 0 Å². The Hall–Kier alpha value is -5.26. The summed E-state index contributed by atoms with van der Waals surface area (Å²) < 4.78 is 29.6. The first-order valence-electron chi connectivity index (χ1n) is 16.4. The molecule has 0 N–H and O–H groups in total. The van der Waals surface area contributed by atoms with E-state index in [1.807, 2.05) is 24.3 Å². The Balaban J connectivity index is 1.29. The molecule has 1 aliphatic carbocycles. The number of hydrogen-bond acceptors (Lipinski definition) is 4. The van der Waals surface area contributed by atoms with Crippen LogP contribution in [0.5, 0.6) is 0 Å². The normalized spacial score (nSPS) is 14.0. The number of rotatable bonds is 5. The van der Waals surface area contributed by atoms with Crippen molar-refractivity contribution in [2.75, 3.05) is 4.90 Å². The molecule has 2 aliphatic rings. The van der Waals surface area contributed by atoms with Crippen LogP contribution in [0.3, 0.4) is 0 Å². The van der Waals surface area contributed by atoms with Crippen molar-refractivity contribution < 1.29 is 8.42 Å². The number of anilines is 3. The van der Waals surface area contributed by atoms with Gasteiger partial charge in [-0.05, 0) is 18.9 Å². The van der Waals surface area contributed by atoms with Gasteiger partial charge in [0.05, 0.1) is 4.91 Å². The maximum atomic E-state index is 13.5. The van der Waals surface area contributed by atoms with E-state index in [0.29, 0.717) is 4.91 Å². The predicted octanol–water partition coefficient (Wildman–Crippen LogP) is 9.17. The molecule has 9 rings (SSSR count). The fraction of sp³-hybridized carbons (Fsp3) is 0.0465. The zero-order chi connectivity index (χ0) is 33.0. The van der Waals surface area contributed by atoms with Gasteiger partial charge in [-0.2, -0.15) is 0 Å². The van der Waals surface area contributed by atoms with Gasteiger partial charge in [-0.1, -0.05) is 12.2 Å². The quantitative estimate of drug-likeness (QED) is 0.167. The van der Waals surface area contributed by atoms with Crippen LogP contribution in [0.2, 0.25) is 0 Å². The number of hydrogen-bond donors (Lipinski definition) is 0. The van der Waals surface area contributed by atoms with Crippen LogP contribution in [0, 0.1) is 0 Å². The van der Waals surface area contributed by atoms with Crippen LogP contribution in [-0.4, -0.2) is 28.4 Å². The summed E-state index contributed by atoms with van der Waals surface area (Å²) >= 11 is 0.187. The topological polar surface area (TPSA) is 50.3 Å². The Labute approximate surface area is 292 Å². The first-order valence-corrected chi connectivity index (χ1v) is 19.6. The van der Waals surface area contributed by atoms with Crippen LogP contribution >= 0.6 is 0 Å². The first-order chi connectivity index (χ1) is 24.1. The Bertz CT molecular complexity index is 2560. The standard InChI is InChI=1S/C43H30N2O2SSe/c46-48(47,31-14-2-1-3-15-31)32-26-24-30(25-27-32)37-28-36(34-17-10-13-29-12-4-5-16-33(29)34)35-18-11-21-40(43(35)44-37)45-38-19-6-8-22-41(38)49-42-23-9-7-20-39(42)45/h2,4-28H,1,3H2. The van der Waals surface area contributed by atoms with E-state index < -0.39 is 9.84 Å². The van der Waals surface area contributed by atoms with E-state index >= 15 is 0 Å². The van der Waals surface area contributed by atoms with Crippen molar-refractivity contribution in [3.63, 3.8) is 0 Å².